The van der Waals surface area contributed by atoms with Crippen LogP contribution in [0, 0.1) is 0 Å². The number of nitrogens with zero attached hydrogens (tertiary/aromatic N) is 1. The predicted octanol–water partition coefficient (Wildman–Crippen LogP) is 0.843. The van der Waals surface area contributed by atoms with Crippen molar-refractivity contribution in [3.63, 3.8) is 0 Å². The number of carbonyl (C=O) groups is 2. The highest BCUT2D eigenvalue weighted by molar-refractivity contribution is 5.76. The number of amides is 1. The maximum Gasteiger partial charge on any atom is 0.303 e. The summed E-state index contributed by atoms with van der Waals surface area (Å²) in [6.07, 6.45) is 4.92. The zero-order valence-electron chi connectivity index (χ0n) is 10.3. The predicted molar refractivity (Wildman–Crippen MR) is 64.8 cm³/mol. The summed E-state index contributed by atoms with van der Waals surface area (Å²) in [6.45, 7) is 3.49. The molecule has 2 N–H and O–H groups in total. The van der Waals surface area contributed by atoms with Gasteiger partial charge in [0.2, 0.25) is 5.91 Å². The lowest BCUT2D eigenvalue weighted by atomic mass is 10.1. The summed E-state index contributed by atoms with van der Waals surface area (Å²) in [5, 5.41) is 11.2. The van der Waals surface area contributed by atoms with E-state index in [4.69, 9.17) is 5.11 Å². The highest BCUT2D eigenvalue weighted by atomic mass is 16.4. The molecule has 1 saturated heterocycles. The zero-order valence-corrected chi connectivity index (χ0v) is 10.3. The number of carbonyl (C=O) groups excluding carboxylic acids is 1. The smallest absolute Gasteiger partial charge is 0.303 e. The van der Waals surface area contributed by atoms with Crippen LogP contribution in [0.25, 0.3) is 0 Å². The summed E-state index contributed by atoms with van der Waals surface area (Å²) in [6, 6.07) is 0. The van der Waals surface area contributed by atoms with Crippen LogP contribution in [0.4, 0.5) is 0 Å². The Kier molecular flexibility index (Phi) is 6.62. The fourth-order valence-corrected chi connectivity index (χ4v) is 2.00. The normalized spacial score (nSPS) is 16.7. The first kappa shape index (κ1) is 14.0. The molecule has 1 aliphatic heterocycles. The Hall–Kier alpha value is -1.10. The number of hydrogen-bond donors (Lipinski definition) is 2. The van der Waals surface area contributed by atoms with Gasteiger partial charge in [0.05, 0.1) is 0 Å². The molecule has 0 atom stereocenters. The number of carboxylic acid groups (broad SMARTS) is 1. The Balaban J connectivity index is 1.98. The molecule has 5 heteroatoms. The SMILES string of the molecule is O=C(O)CCCNC(=O)CCN1CCCCC1. The molecule has 0 aromatic carbocycles. The van der Waals surface area contributed by atoms with Crippen LogP contribution in [0.3, 0.4) is 0 Å². The van der Waals surface area contributed by atoms with Crippen LogP contribution in [-0.4, -0.2) is 48.1 Å². The van der Waals surface area contributed by atoms with Crippen molar-refractivity contribution in [2.45, 2.75) is 38.5 Å². The minimum atomic E-state index is -0.812. The van der Waals surface area contributed by atoms with Crippen molar-refractivity contribution in [2.24, 2.45) is 0 Å². The summed E-state index contributed by atoms with van der Waals surface area (Å²) in [5.41, 5.74) is 0. The molecule has 5 nitrogen and oxygen atoms in total. The van der Waals surface area contributed by atoms with Gasteiger partial charge in [-0.15, -0.1) is 0 Å². The third-order valence-corrected chi connectivity index (χ3v) is 2.99. The minimum absolute atomic E-state index is 0.0287. The molecule has 0 aromatic rings. The van der Waals surface area contributed by atoms with Gasteiger partial charge in [0.1, 0.15) is 0 Å². The molecule has 0 radical (unpaired) electrons. The monoisotopic (exact) mass is 242 g/mol. The van der Waals surface area contributed by atoms with Crippen LogP contribution in [-0.2, 0) is 9.59 Å². The molecule has 17 heavy (non-hydrogen) atoms. The summed E-state index contributed by atoms with van der Waals surface area (Å²) >= 11 is 0. The maximum atomic E-state index is 11.4. The van der Waals surface area contributed by atoms with E-state index in [0.717, 1.165) is 19.6 Å². The molecule has 1 amide bonds. The van der Waals surface area contributed by atoms with E-state index in [-0.39, 0.29) is 12.3 Å². The summed E-state index contributed by atoms with van der Waals surface area (Å²) in [5.74, 6) is -0.784. The Morgan fingerprint density at radius 1 is 1.12 bits per heavy atom. The lowest BCUT2D eigenvalue weighted by Gasteiger charge is -2.25. The number of likely N-dealkylation sites (tertiary alicyclic amines) is 1. The standard InChI is InChI=1S/C12H22N2O3/c15-11(13-7-4-5-12(16)17)6-10-14-8-2-1-3-9-14/h1-10H2,(H,13,15)(H,16,17). The Morgan fingerprint density at radius 2 is 1.82 bits per heavy atom. The molecular weight excluding hydrogens is 220 g/mol. The van der Waals surface area contributed by atoms with E-state index in [0.29, 0.717) is 19.4 Å². The first-order valence-electron chi connectivity index (χ1n) is 6.39. The van der Waals surface area contributed by atoms with Crippen molar-refractivity contribution in [3.8, 4) is 0 Å². The molecule has 0 aliphatic carbocycles. The van der Waals surface area contributed by atoms with Gasteiger partial charge < -0.3 is 15.3 Å². The first-order chi connectivity index (χ1) is 8.18. The molecule has 0 aromatic heterocycles. The Bertz CT molecular complexity index is 250. The van der Waals surface area contributed by atoms with Gasteiger partial charge in [-0.25, -0.2) is 0 Å². The molecule has 0 unspecified atom stereocenters. The second kappa shape index (κ2) is 8.06. The molecule has 0 bridgehead atoms. The molecule has 1 heterocycles. The van der Waals surface area contributed by atoms with E-state index in [1.54, 1.807) is 0 Å². The molecule has 1 fully saturated rings. The van der Waals surface area contributed by atoms with Crippen LogP contribution in [0.5, 0.6) is 0 Å². The van der Waals surface area contributed by atoms with Crippen LogP contribution < -0.4 is 5.32 Å². The van der Waals surface area contributed by atoms with Gasteiger partial charge in [-0.3, -0.25) is 9.59 Å². The quantitative estimate of drug-likeness (QED) is 0.649. The number of aliphatic carboxylic acids is 1. The fraction of sp³-hybridized carbons (Fsp3) is 0.833. The summed E-state index contributed by atoms with van der Waals surface area (Å²) < 4.78 is 0. The second-order valence-corrected chi connectivity index (χ2v) is 4.50. The van der Waals surface area contributed by atoms with Crippen LogP contribution in [0.2, 0.25) is 0 Å². The van der Waals surface area contributed by atoms with Crippen molar-refractivity contribution in [2.75, 3.05) is 26.2 Å². The second-order valence-electron chi connectivity index (χ2n) is 4.50. The van der Waals surface area contributed by atoms with Crippen LogP contribution in [0.1, 0.15) is 38.5 Å². The van der Waals surface area contributed by atoms with E-state index in [1.807, 2.05) is 0 Å². The Labute approximate surface area is 102 Å². The average molecular weight is 242 g/mol. The third-order valence-electron chi connectivity index (χ3n) is 2.99. The maximum absolute atomic E-state index is 11.4. The largest absolute Gasteiger partial charge is 0.481 e. The van der Waals surface area contributed by atoms with Gasteiger partial charge in [-0.05, 0) is 32.4 Å². The summed E-state index contributed by atoms with van der Waals surface area (Å²) in [7, 11) is 0. The third kappa shape index (κ3) is 6.94. The number of hydrogen-bond acceptors (Lipinski definition) is 3. The molecule has 98 valence electrons. The van der Waals surface area contributed by atoms with E-state index in [9.17, 15) is 9.59 Å². The van der Waals surface area contributed by atoms with Crippen LogP contribution in [0.15, 0.2) is 0 Å². The topological polar surface area (TPSA) is 69.6 Å². The highest BCUT2D eigenvalue weighted by Crippen LogP contribution is 2.08. The average Bonchev–Trinajstić information content (AvgIpc) is 2.33. The molecule has 0 spiro atoms. The Morgan fingerprint density at radius 3 is 2.47 bits per heavy atom. The van der Waals surface area contributed by atoms with Gasteiger partial charge in [-0.2, -0.15) is 0 Å². The molecular formula is C12H22N2O3. The van der Waals surface area contributed by atoms with Gasteiger partial charge in [0.25, 0.3) is 0 Å². The lowest BCUT2D eigenvalue weighted by Crippen LogP contribution is -2.34. The summed E-state index contributed by atoms with van der Waals surface area (Å²) in [4.78, 5) is 24.0. The van der Waals surface area contributed by atoms with E-state index >= 15 is 0 Å². The van der Waals surface area contributed by atoms with E-state index < -0.39 is 5.97 Å². The van der Waals surface area contributed by atoms with Crippen molar-refractivity contribution in [1.29, 1.82) is 0 Å². The zero-order chi connectivity index (χ0) is 12.5. The number of rotatable bonds is 7. The number of piperidine rings is 1. The van der Waals surface area contributed by atoms with Crippen molar-refractivity contribution >= 4 is 11.9 Å². The van der Waals surface area contributed by atoms with Gasteiger partial charge >= 0.3 is 5.97 Å². The van der Waals surface area contributed by atoms with E-state index in [2.05, 4.69) is 10.2 Å². The van der Waals surface area contributed by atoms with Gasteiger partial charge in [0, 0.05) is 25.9 Å². The van der Waals surface area contributed by atoms with E-state index in [1.165, 1.54) is 19.3 Å². The molecule has 1 aliphatic rings. The van der Waals surface area contributed by atoms with Gasteiger partial charge in [0.15, 0.2) is 0 Å². The fourth-order valence-electron chi connectivity index (χ4n) is 2.00. The van der Waals surface area contributed by atoms with Crippen molar-refractivity contribution < 1.29 is 14.7 Å². The van der Waals surface area contributed by atoms with Crippen molar-refractivity contribution in [1.82, 2.24) is 10.2 Å². The van der Waals surface area contributed by atoms with Crippen LogP contribution >= 0.6 is 0 Å². The lowest BCUT2D eigenvalue weighted by molar-refractivity contribution is -0.137. The first-order valence-corrected chi connectivity index (χ1v) is 6.39. The highest BCUT2D eigenvalue weighted by Gasteiger charge is 2.11. The minimum Gasteiger partial charge on any atom is -0.481 e. The molecule has 1 rings (SSSR count). The van der Waals surface area contributed by atoms with Gasteiger partial charge in [-0.1, -0.05) is 6.42 Å². The molecule has 0 saturated carbocycles. The number of carboxylic acids is 1. The number of nitrogens with one attached hydrogen (secondary N) is 1. The van der Waals surface area contributed by atoms with Crippen molar-refractivity contribution in [3.05, 3.63) is 0 Å².